The van der Waals surface area contributed by atoms with E-state index in [4.69, 9.17) is 9.15 Å². The lowest BCUT2D eigenvalue weighted by atomic mass is 10.0. The molecule has 0 N–H and O–H groups in total. The number of ether oxygens (including phenoxy) is 1. The first-order chi connectivity index (χ1) is 9.42. The Morgan fingerprint density at radius 2 is 2.00 bits per heavy atom. The minimum absolute atomic E-state index is 0.0359. The Hall–Kier alpha value is -0.330. The second kappa shape index (κ2) is 6.20. The quantitative estimate of drug-likeness (QED) is 0.469. The number of halogens is 3. The predicted molar refractivity (Wildman–Crippen MR) is 91.7 cm³/mol. The van der Waals surface area contributed by atoms with Gasteiger partial charge in [-0.25, -0.2) is 4.79 Å². The van der Waals surface area contributed by atoms with Gasteiger partial charge in [0.15, 0.2) is 0 Å². The maximum Gasteiger partial charge on any atom is 0.339 e. The van der Waals surface area contributed by atoms with Crippen molar-refractivity contribution in [2.45, 2.75) is 18.7 Å². The Morgan fingerprint density at radius 1 is 1.35 bits per heavy atom. The average Bonchev–Trinajstić information content (AvgIpc) is 2.41. The molecule has 0 fully saturated rings. The molecule has 0 aliphatic rings. The van der Waals surface area contributed by atoms with E-state index in [0.29, 0.717) is 22.2 Å². The SMILES string of the molecule is COc1c(Br)cc2c(C(Br)CBr)c(C)c(=O)oc2c1C. The lowest BCUT2D eigenvalue weighted by Crippen LogP contribution is -2.10. The van der Waals surface area contributed by atoms with Crippen LogP contribution in [0.2, 0.25) is 0 Å². The van der Waals surface area contributed by atoms with Crippen molar-refractivity contribution in [3.05, 3.63) is 37.6 Å². The molecule has 6 heteroatoms. The molecule has 0 saturated heterocycles. The molecule has 2 aromatic rings. The summed E-state index contributed by atoms with van der Waals surface area (Å²) in [5.74, 6) is 0.681. The Balaban J connectivity index is 2.99. The molecule has 0 saturated carbocycles. The minimum atomic E-state index is -0.314. The third-order valence-corrected chi connectivity index (χ3v) is 6.15. The van der Waals surface area contributed by atoms with Crippen molar-refractivity contribution >= 4 is 58.8 Å². The van der Waals surface area contributed by atoms with E-state index in [1.165, 1.54) is 0 Å². The van der Waals surface area contributed by atoms with E-state index >= 15 is 0 Å². The molecule has 1 atom stereocenters. The average molecular weight is 469 g/mol. The van der Waals surface area contributed by atoms with E-state index in [-0.39, 0.29) is 10.5 Å². The van der Waals surface area contributed by atoms with E-state index < -0.39 is 0 Å². The number of aryl methyl sites for hydroxylation is 1. The molecule has 20 heavy (non-hydrogen) atoms. The third kappa shape index (κ3) is 2.57. The van der Waals surface area contributed by atoms with Gasteiger partial charge in [0.1, 0.15) is 11.3 Å². The molecule has 1 unspecified atom stereocenters. The van der Waals surface area contributed by atoms with Crippen molar-refractivity contribution in [1.82, 2.24) is 0 Å². The number of alkyl halides is 2. The van der Waals surface area contributed by atoms with Crippen LogP contribution in [0, 0.1) is 13.8 Å². The van der Waals surface area contributed by atoms with Crippen molar-refractivity contribution in [1.29, 1.82) is 0 Å². The van der Waals surface area contributed by atoms with E-state index in [9.17, 15) is 4.79 Å². The predicted octanol–water partition coefficient (Wildman–Crippen LogP) is 5.01. The van der Waals surface area contributed by atoms with Crippen molar-refractivity contribution < 1.29 is 9.15 Å². The molecule has 2 rings (SSSR count). The summed E-state index contributed by atoms with van der Waals surface area (Å²) in [5, 5.41) is 1.61. The van der Waals surface area contributed by atoms with Gasteiger partial charge < -0.3 is 9.15 Å². The number of hydrogen-bond acceptors (Lipinski definition) is 3. The molecule has 0 spiro atoms. The molecule has 0 amide bonds. The first-order valence-electron chi connectivity index (χ1n) is 5.92. The second-order valence-corrected chi connectivity index (χ2v) is 7.05. The monoisotopic (exact) mass is 466 g/mol. The standard InChI is InChI=1S/C14H13Br3O3/c1-6-11(10(17)5-15)8-4-9(16)13(19-3)7(2)12(8)20-14(6)18/h4,10H,5H2,1-3H3. The summed E-state index contributed by atoms with van der Waals surface area (Å²) in [6.45, 7) is 3.66. The van der Waals surface area contributed by atoms with E-state index in [0.717, 1.165) is 21.0 Å². The van der Waals surface area contributed by atoms with Crippen LogP contribution in [0.5, 0.6) is 5.75 Å². The number of benzene rings is 1. The highest BCUT2D eigenvalue weighted by Gasteiger charge is 2.21. The summed E-state index contributed by atoms with van der Waals surface area (Å²) >= 11 is 10.6. The topological polar surface area (TPSA) is 39.4 Å². The Bertz CT molecular complexity index is 722. The summed E-state index contributed by atoms with van der Waals surface area (Å²) in [4.78, 5) is 12.1. The van der Waals surface area contributed by atoms with Gasteiger partial charge in [-0.05, 0) is 41.4 Å². The van der Waals surface area contributed by atoms with Gasteiger partial charge in [0.2, 0.25) is 0 Å². The van der Waals surface area contributed by atoms with Crippen LogP contribution in [0.25, 0.3) is 11.0 Å². The lowest BCUT2D eigenvalue weighted by molar-refractivity contribution is 0.408. The first kappa shape index (κ1) is 16.0. The van der Waals surface area contributed by atoms with Gasteiger partial charge in [-0.1, -0.05) is 31.9 Å². The Kier molecular flexibility index (Phi) is 4.97. The zero-order chi connectivity index (χ0) is 15.0. The van der Waals surface area contributed by atoms with E-state index in [1.807, 2.05) is 13.0 Å². The maximum atomic E-state index is 12.1. The largest absolute Gasteiger partial charge is 0.495 e. The van der Waals surface area contributed by atoms with Crippen LogP contribution >= 0.6 is 47.8 Å². The molecular formula is C14H13Br3O3. The third-order valence-electron chi connectivity index (χ3n) is 3.26. The van der Waals surface area contributed by atoms with E-state index in [2.05, 4.69) is 47.8 Å². The summed E-state index contributed by atoms with van der Waals surface area (Å²) in [6, 6.07) is 1.93. The van der Waals surface area contributed by atoms with Crippen molar-refractivity contribution in [2.75, 3.05) is 12.4 Å². The van der Waals surface area contributed by atoms with Gasteiger partial charge in [-0.15, -0.1) is 0 Å². The minimum Gasteiger partial charge on any atom is -0.495 e. The zero-order valence-corrected chi connectivity index (χ0v) is 16.0. The maximum absolute atomic E-state index is 12.1. The van der Waals surface area contributed by atoms with Crippen LogP contribution in [-0.4, -0.2) is 12.4 Å². The van der Waals surface area contributed by atoms with Gasteiger partial charge in [0.05, 0.1) is 16.4 Å². The summed E-state index contributed by atoms with van der Waals surface area (Å²) in [5.41, 5.74) is 2.63. The molecule has 1 heterocycles. The number of methoxy groups -OCH3 is 1. The van der Waals surface area contributed by atoms with Crippen LogP contribution in [0.1, 0.15) is 21.5 Å². The highest BCUT2D eigenvalue weighted by atomic mass is 79.9. The number of rotatable bonds is 3. The molecule has 0 aliphatic carbocycles. The molecule has 0 radical (unpaired) electrons. The summed E-state index contributed by atoms with van der Waals surface area (Å²) < 4.78 is 11.7. The smallest absolute Gasteiger partial charge is 0.339 e. The summed E-state index contributed by atoms with van der Waals surface area (Å²) in [7, 11) is 1.60. The van der Waals surface area contributed by atoms with Gasteiger partial charge in [0, 0.05) is 21.8 Å². The van der Waals surface area contributed by atoms with Crippen LogP contribution in [0.3, 0.4) is 0 Å². The van der Waals surface area contributed by atoms with Crippen LogP contribution in [-0.2, 0) is 0 Å². The fourth-order valence-corrected chi connectivity index (χ4v) is 3.89. The van der Waals surface area contributed by atoms with Crippen molar-refractivity contribution in [3.8, 4) is 5.75 Å². The van der Waals surface area contributed by atoms with Gasteiger partial charge in [0.25, 0.3) is 0 Å². The van der Waals surface area contributed by atoms with Crippen LogP contribution in [0.15, 0.2) is 19.8 Å². The molecule has 108 valence electrons. The highest BCUT2D eigenvalue weighted by molar-refractivity contribution is 9.12. The second-order valence-electron chi connectivity index (χ2n) is 4.44. The van der Waals surface area contributed by atoms with Gasteiger partial charge >= 0.3 is 5.63 Å². The lowest BCUT2D eigenvalue weighted by Gasteiger charge is -2.16. The number of fused-ring (bicyclic) bond motifs is 1. The molecule has 1 aromatic heterocycles. The Morgan fingerprint density at radius 3 is 2.55 bits per heavy atom. The number of hydrogen-bond donors (Lipinski definition) is 0. The molecule has 1 aromatic carbocycles. The first-order valence-corrected chi connectivity index (χ1v) is 8.75. The van der Waals surface area contributed by atoms with Crippen molar-refractivity contribution in [3.63, 3.8) is 0 Å². The van der Waals surface area contributed by atoms with Gasteiger partial charge in [-0.3, -0.25) is 0 Å². The molecule has 0 bridgehead atoms. The van der Waals surface area contributed by atoms with Crippen molar-refractivity contribution in [2.24, 2.45) is 0 Å². The van der Waals surface area contributed by atoms with E-state index in [1.54, 1.807) is 14.0 Å². The molecule has 0 aliphatic heterocycles. The van der Waals surface area contributed by atoms with Gasteiger partial charge in [-0.2, -0.15) is 0 Å². The fraction of sp³-hybridized carbons (Fsp3) is 0.357. The van der Waals surface area contributed by atoms with Crippen LogP contribution in [0.4, 0.5) is 0 Å². The zero-order valence-electron chi connectivity index (χ0n) is 11.2. The normalized spacial score (nSPS) is 12.7. The molecular weight excluding hydrogens is 456 g/mol. The Labute approximate surface area is 142 Å². The summed E-state index contributed by atoms with van der Waals surface area (Å²) in [6.07, 6.45) is 0. The molecule has 3 nitrogen and oxygen atoms in total. The van der Waals surface area contributed by atoms with Crippen LogP contribution < -0.4 is 10.4 Å². The highest BCUT2D eigenvalue weighted by Crippen LogP contribution is 2.39. The fourth-order valence-electron chi connectivity index (χ4n) is 2.29.